The molecule has 0 aliphatic carbocycles. The summed E-state index contributed by atoms with van der Waals surface area (Å²) < 4.78 is 13.0. The Morgan fingerprint density at radius 1 is 1.04 bits per heavy atom. The molecule has 0 bridgehead atoms. The van der Waals surface area contributed by atoms with Crippen molar-refractivity contribution in [3.8, 4) is 11.5 Å². The van der Waals surface area contributed by atoms with E-state index < -0.39 is 0 Å². The Balaban J connectivity index is 2.03. The lowest BCUT2D eigenvalue weighted by Gasteiger charge is -2.13. The average Bonchev–Trinajstić information content (AvgIpc) is 2.91. The molecule has 4 nitrogen and oxygen atoms in total. The Labute approximate surface area is 153 Å². The first-order valence-corrected chi connectivity index (χ1v) is 8.75. The van der Waals surface area contributed by atoms with E-state index in [2.05, 4.69) is 18.4 Å². The van der Waals surface area contributed by atoms with Crippen LogP contribution in [0.2, 0.25) is 5.02 Å². The number of ether oxygens (including phenoxy) is 2. The first kappa shape index (κ1) is 17.6. The highest BCUT2D eigenvalue weighted by atomic mass is 35.5. The summed E-state index contributed by atoms with van der Waals surface area (Å²) in [6, 6.07) is 11.8. The van der Waals surface area contributed by atoms with Crippen molar-refractivity contribution in [3.05, 3.63) is 52.8 Å². The average molecular weight is 359 g/mol. The molecule has 0 unspecified atom stereocenters. The monoisotopic (exact) mass is 358 g/mol. The topological polar surface area (TPSA) is 36.3 Å². The standard InChI is InChI=1S/C20H23ClN2O2/c1-13(2)12-23-17-11-15(21)6-7-16(17)22-20(23)10-14-5-8-18(24-3)19(9-14)25-4/h5-9,11,13H,10,12H2,1-4H3. The molecule has 0 saturated heterocycles. The van der Waals surface area contributed by atoms with Gasteiger partial charge in [-0.15, -0.1) is 0 Å². The van der Waals surface area contributed by atoms with Gasteiger partial charge in [-0.3, -0.25) is 0 Å². The summed E-state index contributed by atoms with van der Waals surface area (Å²) in [6.07, 6.45) is 0.722. The lowest BCUT2D eigenvalue weighted by atomic mass is 10.1. The van der Waals surface area contributed by atoms with Crippen molar-refractivity contribution in [3.63, 3.8) is 0 Å². The third-order valence-electron chi connectivity index (χ3n) is 4.15. The van der Waals surface area contributed by atoms with Crippen LogP contribution >= 0.6 is 11.6 Å². The van der Waals surface area contributed by atoms with E-state index in [4.69, 9.17) is 26.1 Å². The zero-order valence-corrected chi connectivity index (χ0v) is 15.8. The fourth-order valence-electron chi connectivity index (χ4n) is 3.02. The Morgan fingerprint density at radius 2 is 1.80 bits per heavy atom. The molecule has 0 atom stereocenters. The van der Waals surface area contributed by atoms with Crippen LogP contribution in [0.1, 0.15) is 25.2 Å². The van der Waals surface area contributed by atoms with E-state index in [1.807, 2.05) is 36.4 Å². The lowest BCUT2D eigenvalue weighted by molar-refractivity contribution is 0.354. The van der Waals surface area contributed by atoms with E-state index in [9.17, 15) is 0 Å². The molecule has 5 heteroatoms. The summed E-state index contributed by atoms with van der Waals surface area (Å²) in [4.78, 5) is 4.83. The lowest BCUT2D eigenvalue weighted by Crippen LogP contribution is -2.09. The molecule has 0 fully saturated rings. The van der Waals surface area contributed by atoms with Crippen LogP contribution in [0.4, 0.5) is 0 Å². The van der Waals surface area contributed by atoms with Crippen LogP contribution in [0.25, 0.3) is 11.0 Å². The maximum Gasteiger partial charge on any atom is 0.161 e. The molecule has 0 aliphatic heterocycles. The van der Waals surface area contributed by atoms with Gasteiger partial charge in [-0.1, -0.05) is 31.5 Å². The number of rotatable bonds is 6. The van der Waals surface area contributed by atoms with Gasteiger partial charge in [0, 0.05) is 18.0 Å². The first-order chi connectivity index (χ1) is 12.0. The van der Waals surface area contributed by atoms with Crippen LogP contribution in [0.3, 0.4) is 0 Å². The molecule has 1 heterocycles. The minimum Gasteiger partial charge on any atom is -0.493 e. The van der Waals surface area contributed by atoms with Gasteiger partial charge < -0.3 is 14.0 Å². The molecule has 0 saturated carbocycles. The summed E-state index contributed by atoms with van der Waals surface area (Å²) in [5.74, 6) is 3.00. The van der Waals surface area contributed by atoms with Gasteiger partial charge in [0.25, 0.3) is 0 Å². The molecule has 132 valence electrons. The highest BCUT2D eigenvalue weighted by molar-refractivity contribution is 6.31. The van der Waals surface area contributed by atoms with Gasteiger partial charge in [-0.05, 0) is 41.8 Å². The van der Waals surface area contributed by atoms with E-state index in [0.717, 1.165) is 51.9 Å². The second-order valence-electron chi connectivity index (χ2n) is 6.53. The second-order valence-corrected chi connectivity index (χ2v) is 6.97. The quantitative estimate of drug-likeness (QED) is 0.625. The molecule has 0 radical (unpaired) electrons. The van der Waals surface area contributed by atoms with Crippen LogP contribution in [0.15, 0.2) is 36.4 Å². The summed E-state index contributed by atoms with van der Waals surface area (Å²) in [7, 11) is 3.29. The van der Waals surface area contributed by atoms with Gasteiger partial charge >= 0.3 is 0 Å². The van der Waals surface area contributed by atoms with E-state index in [1.54, 1.807) is 14.2 Å². The van der Waals surface area contributed by atoms with Crippen molar-refractivity contribution in [2.24, 2.45) is 5.92 Å². The van der Waals surface area contributed by atoms with Gasteiger partial charge in [-0.2, -0.15) is 0 Å². The predicted molar refractivity (Wildman–Crippen MR) is 102 cm³/mol. The summed E-state index contributed by atoms with van der Waals surface area (Å²) in [5.41, 5.74) is 3.18. The molecule has 3 aromatic rings. The van der Waals surface area contributed by atoms with Gasteiger partial charge in [0.1, 0.15) is 5.82 Å². The molecule has 0 amide bonds. The number of halogens is 1. The Bertz CT molecular complexity index is 887. The number of hydrogen-bond donors (Lipinski definition) is 0. The fourth-order valence-corrected chi connectivity index (χ4v) is 3.19. The first-order valence-electron chi connectivity index (χ1n) is 8.37. The number of hydrogen-bond acceptors (Lipinski definition) is 3. The Hall–Kier alpha value is -2.20. The highest BCUT2D eigenvalue weighted by Gasteiger charge is 2.14. The van der Waals surface area contributed by atoms with Gasteiger partial charge in [-0.25, -0.2) is 4.98 Å². The zero-order valence-electron chi connectivity index (χ0n) is 15.0. The minimum atomic E-state index is 0.514. The van der Waals surface area contributed by atoms with Gasteiger partial charge in [0.05, 0.1) is 25.3 Å². The molecule has 0 aliphatic rings. The van der Waals surface area contributed by atoms with Crippen LogP contribution in [-0.4, -0.2) is 23.8 Å². The summed E-state index contributed by atoms with van der Waals surface area (Å²) >= 11 is 6.20. The summed E-state index contributed by atoms with van der Waals surface area (Å²) in [5, 5.41) is 0.732. The molecular formula is C20H23ClN2O2. The van der Waals surface area contributed by atoms with E-state index in [-0.39, 0.29) is 0 Å². The number of fused-ring (bicyclic) bond motifs is 1. The maximum atomic E-state index is 6.20. The Morgan fingerprint density at radius 3 is 2.48 bits per heavy atom. The largest absolute Gasteiger partial charge is 0.493 e. The van der Waals surface area contributed by atoms with Crippen LogP contribution in [0.5, 0.6) is 11.5 Å². The second kappa shape index (κ2) is 7.36. The van der Waals surface area contributed by atoms with E-state index in [0.29, 0.717) is 5.92 Å². The number of aromatic nitrogens is 2. The minimum absolute atomic E-state index is 0.514. The predicted octanol–water partition coefficient (Wildman–Crippen LogP) is 4.95. The molecule has 0 spiro atoms. The fraction of sp³-hybridized carbons (Fsp3) is 0.350. The van der Waals surface area contributed by atoms with Crippen LogP contribution < -0.4 is 9.47 Å². The SMILES string of the molecule is COc1ccc(Cc2nc3ccc(Cl)cc3n2CC(C)C)cc1OC. The van der Waals surface area contributed by atoms with Crippen molar-refractivity contribution in [2.75, 3.05) is 14.2 Å². The van der Waals surface area contributed by atoms with Gasteiger partial charge in [0.15, 0.2) is 11.5 Å². The molecular weight excluding hydrogens is 336 g/mol. The smallest absolute Gasteiger partial charge is 0.161 e. The van der Waals surface area contributed by atoms with Crippen molar-refractivity contribution in [2.45, 2.75) is 26.8 Å². The highest BCUT2D eigenvalue weighted by Crippen LogP contribution is 2.29. The van der Waals surface area contributed by atoms with Crippen molar-refractivity contribution < 1.29 is 9.47 Å². The van der Waals surface area contributed by atoms with E-state index in [1.165, 1.54) is 0 Å². The van der Waals surface area contributed by atoms with Crippen molar-refractivity contribution >= 4 is 22.6 Å². The number of nitrogens with zero attached hydrogens (tertiary/aromatic N) is 2. The molecule has 25 heavy (non-hydrogen) atoms. The van der Waals surface area contributed by atoms with Crippen molar-refractivity contribution in [1.82, 2.24) is 9.55 Å². The number of methoxy groups -OCH3 is 2. The third kappa shape index (κ3) is 3.74. The van der Waals surface area contributed by atoms with Crippen molar-refractivity contribution in [1.29, 1.82) is 0 Å². The number of imidazole rings is 1. The van der Waals surface area contributed by atoms with Crippen LogP contribution in [-0.2, 0) is 13.0 Å². The molecule has 2 aromatic carbocycles. The maximum absolute atomic E-state index is 6.20. The number of benzene rings is 2. The van der Waals surface area contributed by atoms with Gasteiger partial charge in [0.2, 0.25) is 0 Å². The Kier molecular flexibility index (Phi) is 5.19. The normalized spacial score (nSPS) is 11.3. The van der Waals surface area contributed by atoms with E-state index >= 15 is 0 Å². The molecule has 0 N–H and O–H groups in total. The zero-order chi connectivity index (χ0) is 18.0. The van der Waals surface area contributed by atoms with Crippen LogP contribution in [0, 0.1) is 5.92 Å². The third-order valence-corrected chi connectivity index (χ3v) is 4.38. The molecule has 3 rings (SSSR count). The molecule has 1 aromatic heterocycles. The summed E-state index contributed by atoms with van der Waals surface area (Å²) in [6.45, 7) is 5.31.